The normalized spacial score (nSPS) is 20.2. The number of fused-ring (bicyclic) bond motifs is 3. The molecule has 6 rings (SSSR count). The first-order valence-electron chi connectivity index (χ1n) is 14.9. The maximum Gasteiger partial charge on any atom is 0.324 e. The van der Waals surface area contributed by atoms with E-state index in [1.54, 1.807) is 24.4 Å². The molecule has 3 aliphatic heterocycles. The van der Waals surface area contributed by atoms with Gasteiger partial charge in [-0.1, -0.05) is 31.4 Å². The Hall–Kier alpha value is -3.50. The number of likely N-dealkylation sites (tertiary alicyclic amines) is 1. The molecule has 3 aromatic rings. The molecule has 5 heterocycles. The van der Waals surface area contributed by atoms with Crippen molar-refractivity contribution in [2.45, 2.75) is 64.3 Å². The molecular weight excluding hydrogens is 558 g/mol. The molecule has 0 spiro atoms. The van der Waals surface area contributed by atoms with E-state index in [9.17, 15) is 9.59 Å². The average molecular weight is 596 g/mol. The van der Waals surface area contributed by atoms with Crippen LogP contribution in [0.25, 0.3) is 11.0 Å². The van der Waals surface area contributed by atoms with E-state index in [2.05, 4.69) is 11.9 Å². The number of benzene rings is 1. The van der Waals surface area contributed by atoms with Gasteiger partial charge in [0.05, 0.1) is 37.5 Å². The molecule has 2 atom stereocenters. The van der Waals surface area contributed by atoms with Crippen LogP contribution in [0.1, 0.15) is 44.6 Å². The lowest BCUT2D eigenvalue weighted by Crippen LogP contribution is -2.49. The van der Waals surface area contributed by atoms with Gasteiger partial charge < -0.3 is 28.6 Å². The van der Waals surface area contributed by atoms with Crippen molar-refractivity contribution in [2.24, 2.45) is 0 Å². The summed E-state index contributed by atoms with van der Waals surface area (Å²) in [6.07, 6.45) is 8.56. The summed E-state index contributed by atoms with van der Waals surface area (Å²) in [4.78, 5) is 37.0. The van der Waals surface area contributed by atoms with Crippen molar-refractivity contribution in [3.8, 4) is 11.5 Å². The van der Waals surface area contributed by atoms with Crippen LogP contribution in [0.5, 0.6) is 11.5 Å². The van der Waals surface area contributed by atoms with E-state index >= 15 is 0 Å². The summed E-state index contributed by atoms with van der Waals surface area (Å²) in [5, 5.41) is 1.30. The fraction of sp³-hybridized carbons (Fsp3) is 0.516. The zero-order valence-electron chi connectivity index (χ0n) is 24.3. The molecule has 42 heavy (non-hydrogen) atoms. The van der Waals surface area contributed by atoms with Crippen molar-refractivity contribution in [3.63, 3.8) is 0 Å². The van der Waals surface area contributed by atoms with E-state index in [-0.39, 0.29) is 30.6 Å². The Balaban J connectivity index is 1.18. The van der Waals surface area contributed by atoms with E-state index in [1.807, 2.05) is 38.6 Å². The Kier molecular flexibility index (Phi) is 8.44. The van der Waals surface area contributed by atoms with Crippen molar-refractivity contribution < 1.29 is 23.8 Å². The Morgan fingerprint density at radius 2 is 2.07 bits per heavy atom. The number of anilines is 1. The second-order valence-electron chi connectivity index (χ2n) is 11.3. The van der Waals surface area contributed by atoms with Crippen molar-refractivity contribution in [1.29, 1.82) is 0 Å². The quantitative estimate of drug-likeness (QED) is 0.287. The standard InChI is InChI=1S/C31H38ClN5O5/c1-3-4-5-13-41-27-15-22(7-8-26(27)40-2)36-12-6-11-34(31(36)39)16-21-9-10-33-30-29(21)25(32)18-35(30)19-28(38)37-17-24-14-23(37)20-42-24/h7-10,15,18,23-24H,3-6,11-14,16-17,19-20H2,1-2H3/t23-,24-/m0/s1. The van der Waals surface area contributed by atoms with Gasteiger partial charge in [0.1, 0.15) is 12.2 Å². The number of halogens is 1. The predicted octanol–water partition coefficient (Wildman–Crippen LogP) is 5.10. The van der Waals surface area contributed by atoms with Crippen LogP contribution >= 0.6 is 11.6 Å². The first kappa shape index (κ1) is 28.6. The summed E-state index contributed by atoms with van der Waals surface area (Å²) in [6, 6.07) is 7.63. The van der Waals surface area contributed by atoms with Gasteiger partial charge in [0.2, 0.25) is 5.91 Å². The van der Waals surface area contributed by atoms with Gasteiger partial charge in [0, 0.05) is 55.7 Å². The molecule has 1 aromatic carbocycles. The molecule has 2 bridgehead atoms. The van der Waals surface area contributed by atoms with Crippen molar-refractivity contribution >= 4 is 40.3 Å². The van der Waals surface area contributed by atoms with E-state index in [4.69, 9.17) is 25.8 Å². The molecule has 3 fully saturated rings. The number of pyridine rings is 1. The zero-order valence-corrected chi connectivity index (χ0v) is 25.0. The zero-order chi connectivity index (χ0) is 29.2. The van der Waals surface area contributed by atoms with Crippen LogP contribution in [0.4, 0.5) is 10.5 Å². The van der Waals surface area contributed by atoms with Gasteiger partial charge in [-0.05, 0) is 43.0 Å². The van der Waals surface area contributed by atoms with Crippen LogP contribution in [0.2, 0.25) is 5.02 Å². The topological polar surface area (TPSA) is 89.4 Å². The summed E-state index contributed by atoms with van der Waals surface area (Å²) in [7, 11) is 1.62. The first-order valence-corrected chi connectivity index (χ1v) is 15.2. The maximum absolute atomic E-state index is 13.7. The maximum atomic E-state index is 13.7. The van der Waals surface area contributed by atoms with Crippen LogP contribution in [0.15, 0.2) is 36.7 Å². The third-order valence-electron chi connectivity index (χ3n) is 8.46. The molecule has 3 saturated heterocycles. The highest BCUT2D eigenvalue weighted by Crippen LogP contribution is 2.35. The van der Waals surface area contributed by atoms with Gasteiger partial charge in [-0.3, -0.25) is 9.69 Å². The molecule has 0 radical (unpaired) electrons. The lowest BCUT2D eigenvalue weighted by atomic mass is 10.1. The second kappa shape index (κ2) is 12.4. The number of aromatic nitrogens is 2. The molecule has 0 unspecified atom stereocenters. The van der Waals surface area contributed by atoms with E-state index in [0.29, 0.717) is 61.6 Å². The van der Waals surface area contributed by atoms with E-state index < -0.39 is 0 Å². The number of urea groups is 1. The minimum Gasteiger partial charge on any atom is -0.493 e. The van der Waals surface area contributed by atoms with Gasteiger partial charge >= 0.3 is 6.03 Å². The Bertz CT molecular complexity index is 1460. The van der Waals surface area contributed by atoms with Gasteiger partial charge in [0.15, 0.2) is 11.5 Å². The van der Waals surface area contributed by atoms with Crippen molar-refractivity contribution in [1.82, 2.24) is 19.4 Å². The highest BCUT2D eigenvalue weighted by molar-refractivity contribution is 6.35. The number of carbonyl (C=O) groups excluding carboxylic acids is 2. The number of rotatable bonds is 11. The Morgan fingerprint density at radius 3 is 2.83 bits per heavy atom. The third-order valence-corrected chi connectivity index (χ3v) is 8.75. The molecule has 10 nitrogen and oxygen atoms in total. The van der Waals surface area contributed by atoms with Crippen LogP contribution in [-0.2, 0) is 22.6 Å². The minimum atomic E-state index is -0.0784. The summed E-state index contributed by atoms with van der Waals surface area (Å²) in [5.74, 6) is 1.34. The van der Waals surface area contributed by atoms with Crippen molar-refractivity contribution in [2.75, 3.05) is 44.9 Å². The SMILES string of the molecule is CCCCCOc1cc(N2CCCN(Cc3ccnc4c3c(Cl)cn4CC(=O)N3C[C@@H]4C[C@H]3CO4)C2=O)ccc1OC. The summed E-state index contributed by atoms with van der Waals surface area (Å²) in [6.45, 7) is 5.81. The smallest absolute Gasteiger partial charge is 0.324 e. The molecule has 3 aliphatic rings. The molecule has 2 aromatic heterocycles. The van der Waals surface area contributed by atoms with Gasteiger partial charge in [-0.2, -0.15) is 0 Å². The van der Waals surface area contributed by atoms with Gasteiger partial charge in [0.25, 0.3) is 0 Å². The number of methoxy groups -OCH3 is 1. The molecular formula is C31H38ClN5O5. The fourth-order valence-corrected chi connectivity index (χ4v) is 6.60. The number of ether oxygens (including phenoxy) is 3. The highest BCUT2D eigenvalue weighted by atomic mass is 35.5. The Labute approximate surface area is 251 Å². The predicted molar refractivity (Wildman–Crippen MR) is 160 cm³/mol. The molecule has 0 N–H and O–H groups in total. The summed E-state index contributed by atoms with van der Waals surface area (Å²) >= 11 is 6.73. The van der Waals surface area contributed by atoms with E-state index in [0.717, 1.165) is 48.7 Å². The number of unbranched alkanes of at least 4 members (excludes halogenated alkanes) is 2. The van der Waals surface area contributed by atoms with Crippen LogP contribution < -0.4 is 14.4 Å². The first-order chi connectivity index (χ1) is 20.5. The number of morpholine rings is 1. The third kappa shape index (κ3) is 5.62. The summed E-state index contributed by atoms with van der Waals surface area (Å²) in [5.41, 5.74) is 2.32. The number of amides is 3. The molecule has 224 valence electrons. The average Bonchev–Trinajstić information content (AvgIpc) is 3.72. The van der Waals surface area contributed by atoms with Crippen molar-refractivity contribution in [3.05, 3.63) is 47.2 Å². The van der Waals surface area contributed by atoms with Gasteiger partial charge in [-0.15, -0.1) is 0 Å². The number of hydrogen-bond acceptors (Lipinski definition) is 6. The fourth-order valence-electron chi connectivity index (χ4n) is 6.28. The van der Waals surface area contributed by atoms with Gasteiger partial charge in [-0.25, -0.2) is 9.78 Å². The number of nitrogens with zero attached hydrogens (tertiary/aromatic N) is 5. The monoisotopic (exact) mass is 595 g/mol. The lowest BCUT2D eigenvalue weighted by Gasteiger charge is -2.36. The van der Waals surface area contributed by atoms with E-state index in [1.165, 1.54) is 0 Å². The largest absolute Gasteiger partial charge is 0.493 e. The minimum absolute atomic E-state index is 0.0432. The second-order valence-corrected chi connectivity index (χ2v) is 11.7. The molecule has 11 heteroatoms. The number of hydrogen-bond donors (Lipinski definition) is 0. The highest BCUT2D eigenvalue weighted by Gasteiger charge is 2.41. The lowest BCUT2D eigenvalue weighted by molar-refractivity contribution is -0.136. The summed E-state index contributed by atoms with van der Waals surface area (Å²) < 4.78 is 19.0. The molecule has 0 saturated carbocycles. The van der Waals surface area contributed by atoms with Crippen LogP contribution in [0, 0.1) is 0 Å². The molecule has 3 amide bonds. The Morgan fingerprint density at radius 1 is 1.19 bits per heavy atom. The van der Waals surface area contributed by atoms with Crippen LogP contribution in [0.3, 0.4) is 0 Å². The molecule has 0 aliphatic carbocycles. The number of carbonyl (C=O) groups is 2. The van der Waals surface area contributed by atoms with Crippen LogP contribution in [-0.4, -0.2) is 83.4 Å².